The minimum Gasteiger partial charge on any atom is -0.456 e. The lowest BCUT2D eigenvalue weighted by atomic mass is 9.92. The van der Waals surface area contributed by atoms with Crippen molar-refractivity contribution in [2.24, 2.45) is 0 Å². The maximum absolute atomic E-state index is 6.78. The van der Waals surface area contributed by atoms with Crippen molar-refractivity contribution < 1.29 is 17.7 Å². The molecule has 0 saturated heterocycles. The summed E-state index contributed by atoms with van der Waals surface area (Å²) in [5, 5.41) is 17.0. The predicted octanol–water partition coefficient (Wildman–Crippen LogP) is 25.3. The van der Waals surface area contributed by atoms with Gasteiger partial charge in [-0.05, 0) is 161 Å². The molecule has 0 fully saturated rings. The largest absolute Gasteiger partial charge is 0.456 e. The third-order valence-corrected chi connectivity index (χ3v) is 20.7. The zero-order chi connectivity index (χ0) is 68.1. The molecular weight excluding hydrogens is 1280 g/mol. The summed E-state index contributed by atoms with van der Waals surface area (Å²) in [6.45, 7) is 0. The molecule has 0 aliphatic rings. The Morgan fingerprint density at radius 1 is 0.154 bits per heavy atom. The second kappa shape index (κ2) is 22.7. The minimum atomic E-state index is 0.531. The molecule has 0 N–H and O–H groups in total. The Morgan fingerprint density at radius 2 is 0.519 bits per heavy atom. The van der Waals surface area contributed by atoms with E-state index >= 15 is 0 Å². The van der Waals surface area contributed by atoms with Gasteiger partial charge in [-0.25, -0.2) is 29.9 Å². The third-order valence-electron chi connectivity index (χ3n) is 20.7. The molecule has 0 radical (unpaired) electrons. The summed E-state index contributed by atoms with van der Waals surface area (Å²) in [6.07, 6.45) is 0. The Kier molecular flexibility index (Phi) is 12.6. The summed E-state index contributed by atoms with van der Waals surface area (Å²) in [4.78, 5) is 31.8. The molecule has 10 nitrogen and oxygen atoms in total. The summed E-state index contributed by atoms with van der Waals surface area (Å²) >= 11 is 0. The van der Waals surface area contributed by atoms with Gasteiger partial charge >= 0.3 is 0 Å². The number of nitrogens with zero attached hydrogens (tertiary/aromatic N) is 6. The number of aromatic nitrogens is 6. The minimum absolute atomic E-state index is 0.531. The Balaban J connectivity index is 0.623. The number of rotatable bonds is 9. The van der Waals surface area contributed by atoms with Crippen molar-refractivity contribution in [3.8, 4) is 102 Å². The highest BCUT2D eigenvalue weighted by molar-refractivity contribution is 6.25. The molecule has 22 aromatic rings. The molecule has 22 rings (SSSR count). The van der Waals surface area contributed by atoms with Gasteiger partial charge in [0, 0.05) is 76.5 Å². The van der Waals surface area contributed by atoms with Crippen LogP contribution in [0.25, 0.3) is 233 Å². The van der Waals surface area contributed by atoms with Crippen LogP contribution in [-0.4, -0.2) is 29.9 Å². The quantitative estimate of drug-likeness (QED) is 0.138. The smallest absolute Gasteiger partial charge is 0.164 e. The van der Waals surface area contributed by atoms with Gasteiger partial charge in [0.2, 0.25) is 0 Å². The molecule has 6 heterocycles. The van der Waals surface area contributed by atoms with Crippen LogP contribution in [0.15, 0.2) is 333 Å². The van der Waals surface area contributed by atoms with Crippen LogP contribution in [0.5, 0.6) is 0 Å². The Hall–Kier alpha value is -14.2. The van der Waals surface area contributed by atoms with Crippen molar-refractivity contribution in [2.75, 3.05) is 0 Å². The van der Waals surface area contributed by atoms with E-state index in [9.17, 15) is 0 Å². The van der Waals surface area contributed by atoms with E-state index < -0.39 is 0 Å². The van der Waals surface area contributed by atoms with Gasteiger partial charge in [0.1, 0.15) is 44.7 Å². The monoisotopic (exact) mass is 1330 g/mol. The Labute approximate surface area is 592 Å². The summed E-state index contributed by atoms with van der Waals surface area (Å²) in [5.74, 6) is 3.33. The average molecular weight is 1330 g/mol. The van der Waals surface area contributed by atoms with Gasteiger partial charge in [0.05, 0.1) is 0 Å². The standard InChI is InChI=1S/C94H52N6O4/c1-3-18-54(19-4-1)89-95-92(99-93(97-89)73-29-17-33-80-87(73)72-43-42-60(49-81(72)104-80)74-51-83-85(67-24-9-7-22-65(67)74)69-26-11-14-30-77(69)102-83)62-40-35-53-34-36-59(46-63(53)47-62)56-37-38-58-45-61(41-39-57(58)44-56)91-96-90(55-20-5-2-6-21-55)98-94(100-91)76-48-64(50-82-88(76)71-28-13-16-32-79(71)101-82)75-52-84-86(68-25-10-8-23-66(68)75)70-27-12-15-31-78(70)103-84/h1-52H. The van der Waals surface area contributed by atoms with Gasteiger partial charge in [0.25, 0.3) is 0 Å². The molecule has 10 heteroatoms. The van der Waals surface area contributed by atoms with Crippen LogP contribution in [0, 0.1) is 0 Å². The van der Waals surface area contributed by atoms with Crippen LogP contribution >= 0.6 is 0 Å². The van der Waals surface area contributed by atoms with Gasteiger partial charge in [-0.1, -0.05) is 231 Å². The van der Waals surface area contributed by atoms with E-state index in [0.29, 0.717) is 34.9 Å². The van der Waals surface area contributed by atoms with Gasteiger partial charge in [-0.2, -0.15) is 0 Å². The number of furan rings is 4. The second-order valence-electron chi connectivity index (χ2n) is 26.8. The first-order valence-corrected chi connectivity index (χ1v) is 34.8. The van der Waals surface area contributed by atoms with E-state index in [-0.39, 0.29) is 0 Å². The molecule has 0 aliphatic carbocycles. The lowest BCUT2D eigenvalue weighted by Gasteiger charge is -2.13. The fourth-order valence-corrected chi connectivity index (χ4v) is 15.8. The van der Waals surface area contributed by atoms with Crippen molar-refractivity contribution in [1.29, 1.82) is 0 Å². The average Bonchev–Trinajstić information content (AvgIpc) is 1.55. The van der Waals surface area contributed by atoms with E-state index in [2.05, 4.69) is 200 Å². The van der Waals surface area contributed by atoms with Gasteiger partial charge in [0.15, 0.2) is 34.9 Å². The molecule has 0 aliphatic heterocycles. The number of fused-ring (bicyclic) bond motifs is 18. The number of hydrogen-bond donors (Lipinski definition) is 0. The van der Waals surface area contributed by atoms with Crippen LogP contribution in [0.2, 0.25) is 0 Å². The molecule has 0 saturated carbocycles. The third kappa shape index (κ3) is 9.22. The molecule has 0 unspecified atom stereocenters. The molecule has 0 amide bonds. The van der Waals surface area contributed by atoms with Gasteiger partial charge in [-0.3, -0.25) is 0 Å². The van der Waals surface area contributed by atoms with Crippen LogP contribution in [0.4, 0.5) is 0 Å². The van der Waals surface area contributed by atoms with Crippen molar-refractivity contribution in [3.63, 3.8) is 0 Å². The molecule has 16 aromatic carbocycles. The zero-order valence-electron chi connectivity index (χ0n) is 55.3. The highest BCUT2D eigenvalue weighted by Crippen LogP contribution is 2.47. The van der Waals surface area contributed by atoms with Crippen molar-refractivity contribution >= 4 is 131 Å². The van der Waals surface area contributed by atoms with E-state index in [4.69, 9.17) is 47.6 Å². The molecule has 6 aromatic heterocycles. The first kappa shape index (κ1) is 57.7. The maximum Gasteiger partial charge on any atom is 0.164 e. The molecule has 104 heavy (non-hydrogen) atoms. The maximum atomic E-state index is 6.78. The zero-order valence-corrected chi connectivity index (χ0v) is 55.3. The fraction of sp³-hybridized carbons (Fsp3) is 0. The van der Waals surface area contributed by atoms with Crippen molar-refractivity contribution in [1.82, 2.24) is 29.9 Å². The van der Waals surface area contributed by atoms with Crippen molar-refractivity contribution in [3.05, 3.63) is 315 Å². The summed E-state index contributed by atoms with van der Waals surface area (Å²) < 4.78 is 26.6. The van der Waals surface area contributed by atoms with Gasteiger partial charge in [-0.15, -0.1) is 0 Å². The van der Waals surface area contributed by atoms with Crippen LogP contribution in [0.1, 0.15) is 0 Å². The highest BCUT2D eigenvalue weighted by Gasteiger charge is 2.25. The van der Waals surface area contributed by atoms with E-state index in [1.54, 1.807) is 0 Å². The molecule has 482 valence electrons. The highest BCUT2D eigenvalue weighted by atomic mass is 16.3. The molecule has 0 atom stereocenters. The SMILES string of the molecule is c1ccc(-c2nc(-c3ccc4ccc(-c5ccc6cc(-c7nc(-c8ccccc8)nc(-c8cc(-c9cc%10oc%11ccccc%11c%10c%10ccccc9%10)cc9oc%10ccccc%10c89)n7)ccc6c5)cc4c3)nc(-c3cccc4oc5cc(-c6cc7oc8ccccc8c7c7ccccc67)ccc5c34)n2)cc1. The fourth-order valence-electron chi connectivity index (χ4n) is 15.8. The number of hydrogen-bond acceptors (Lipinski definition) is 10. The van der Waals surface area contributed by atoms with Crippen molar-refractivity contribution in [2.45, 2.75) is 0 Å². The Morgan fingerprint density at radius 3 is 1.09 bits per heavy atom. The molecule has 0 bridgehead atoms. The van der Waals surface area contributed by atoms with Crippen LogP contribution in [-0.2, 0) is 0 Å². The van der Waals surface area contributed by atoms with E-state index in [1.807, 2.05) is 115 Å². The molecule has 0 spiro atoms. The number of para-hydroxylation sites is 3. The van der Waals surface area contributed by atoms with E-state index in [1.165, 1.54) is 0 Å². The van der Waals surface area contributed by atoms with Crippen LogP contribution < -0.4 is 0 Å². The summed E-state index contributed by atoms with van der Waals surface area (Å²) in [7, 11) is 0. The number of benzene rings is 16. The first-order valence-electron chi connectivity index (χ1n) is 34.8. The second-order valence-corrected chi connectivity index (χ2v) is 26.8. The summed E-state index contributed by atoms with van der Waals surface area (Å²) in [6, 6.07) is 109. The lowest BCUT2D eigenvalue weighted by Crippen LogP contribution is -2.01. The Bertz CT molecular complexity index is 7380. The molecular formula is C94H52N6O4. The predicted molar refractivity (Wildman–Crippen MR) is 421 cm³/mol. The van der Waals surface area contributed by atoms with E-state index in [0.717, 1.165) is 198 Å². The first-order chi connectivity index (χ1) is 51.5. The normalized spacial score (nSPS) is 12.0. The lowest BCUT2D eigenvalue weighted by molar-refractivity contribution is 0.668. The van der Waals surface area contributed by atoms with Gasteiger partial charge < -0.3 is 17.7 Å². The topological polar surface area (TPSA) is 130 Å². The summed E-state index contributed by atoms with van der Waals surface area (Å²) in [5.41, 5.74) is 17.8. The van der Waals surface area contributed by atoms with Crippen LogP contribution in [0.3, 0.4) is 0 Å².